The molecule has 4 heteroatoms. The summed E-state index contributed by atoms with van der Waals surface area (Å²) in [5, 5.41) is 0. The van der Waals surface area contributed by atoms with E-state index in [1.54, 1.807) is 28.4 Å². The molecule has 2 aromatic rings. The number of ether oxygens (including phenoxy) is 4. The van der Waals surface area contributed by atoms with Crippen LogP contribution in [0.15, 0.2) is 24.3 Å². The van der Waals surface area contributed by atoms with Gasteiger partial charge in [-0.3, -0.25) is 0 Å². The van der Waals surface area contributed by atoms with Gasteiger partial charge in [-0.05, 0) is 59.4 Å². The number of benzene rings is 2. The normalized spacial score (nSPS) is 12.2. The van der Waals surface area contributed by atoms with Crippen molar-refractivity contribution in [3.8, 4) is 34.1 Å². The van der Waals surface area contributed by atoms with Gasteiger partial charge in [-0.15, -0.1) is 0 Å². The van der Waals surface area contributed by atoms with Gasteiger partial charge in [-0.2, -0.15) is 0 Å². The van der Waals surface area contributed by atoms with Crippen molar-refractivity contribution < 1.29 is 18.9 Å². The van der Waals surface area contributed by atoms with Gasteiger partial charge < -0.3 is 18.9 Å². The van der Waals surface area contributed by atoms with E-state index in [0.29, 0.717) is 0 Å². The minimum Gasteiger partial charge on any atom is -0.493 e. The van der Waals surface area contributed by atoms with Gasteiger partial charge >= 0.3 is 0 Å². The van der Waals surface area contributed by atoms with Crippen LogP contribution in [0.1, 0.15) is 11.1 Å². The molecule has 22 heavy (non-hydrogen) atoms. The number of fused-ring (bicyclic) bond motifs is 3. The van der Waals surface area contributed by atoms with E-state index < -0.39 is 0 Å². The van der Waals surface area contributed by atoms with Gasteiger partial charge in [0.25, 0.3) is 0 Å². The van der Waals surface area contributed by atoms with Gasteiger partial charge in [-0.25, -0.2) is 0 Å². The van der Waals surface area contributed by atoms with Crippen LogP contribution >= 0.6 is 0 Å². The average molecular weight is 300 g/mol. The Morgan fingerprint density at radius 2 is 0.864 bits per heavy atom. The Bertz CT molecular complexity index is 645. The molecule has 0 aromatic heterocycles. The highest BCUT2D eigenvalue weighted by Gasteiger charge is 2.22. The highest BCUT2D eigenvalue weighted by Crippen LogP contribution is 2.44. The first-order valence-electron chi connectivity index (χ1n) is 7.22. The third-order valence-corrected chi connectivity index (χ3v) is 4.17. The lowest BCUT2D eigenvalue weighted by atomic mass is 9.85. The molecule has 1 aliphatic rings. The lowest BCUT2D eigenvalue weighted by molar-refractivity contribution is 0.353. The molecule has 0 atom stereocenters. The van der Waals surface area contributed by atoms with Crippen LogP contribution in [0.25, 0.3) is 11.1 Å². The zero-order valence-electron chi connectivity index (χ0n) is 13.4. The molecule has 2 aromatic carbocycles. The third-order valence-electron chi connectivity index (χ3n) is 4.17. The van der Waals surface area contributed by atoms with E-state index in [-0.39, 0.29) is 0 Å². The number of rotatable bonds is 4. The summed E-state index contributed by atoms with van der Waals surface area (Å²) in [5.74, 6) is 3.02. The second-order valence-corrected chi connectivity index (χ2v) is 5.23. The van der Waals surface area contributed by atoms with Crippen LogP contribution in [0.2, 0.25) is 0 Å². The van der Waals surface area contributed by atoms with Gasteiger partial charge in [0.2, 0.25) is 0 Å². The number of hydrogen-bond acceptors (Lipinski definition) is 4. The van der Waals surface area contributed by atoms with Crippen LogP contribution in [-0.2, 0) is 12.8 Å². The summed E-state index contributed by atoms with van der Waals surface area (Å²) in [6.07, 6.45) is 1.94. The maximum Gasteiger partial charge on any atom is 0.161 e. The van der Waals surface area contributed by atoms with Crippen molar-refractivity contribution in [1.82, 2.24) is 0 Å². The second kappa shape index (κ2) is 5.79. The van der Waals surface area contributed by atoms with Gasteiger partial charge in [0.1, 0.15) is 0 Å². The molecule has 3 rings (SSSR count). The number of hydrogen-bond donors (Lipinski definition) is 0. The molecule has 0 amide bonds. The molecule has 0 saturated carbocycles. The Morgan fingerprint density at radius 1 is 0.545 bits per heavy atom. The molecule has 0 fully saturated rings. The van der Waals surface area contributed by atoms with E-state index in [9.17, 15) is 0 Å². The second-order valence-electron chi connectivity index (χ2n) is 5.23. The maximum atomic E-state index is 5.44. The lowest BCUT2D eigenvalue weighted by Crippen LogP contribution is -2.06. The predicted molar refractivity (Wildman–Crippen MR) is 85.5 cm³/mol. The van der Waals surface area contributed by atoms with Crippen molar-refractivity contribution in [3.63, 3.8) is 0 Å². The Morgan fingerprint density at radius 3 is 1.18 bits per heavy atom. The molecule has 116 valence electrons. The molecule has 0 N–H and O–H groups in total. The van der Waals surface area contributed by atoms with Crippen LogP contribution in [0, 0.1) is 0 Å². The monoisotopic (exact) mass is 300 g/mol. The van der Waals surface area contributed by atoms with E-state index >= 15 is 0 Å². The van der Waals surface area contributed by atoms with Crippen molar-refractivity contribution in [2.24, 2.45) is 0 Å². The van der Waals surface area contributed by atoms with E-state index in [1.165, 1.54) is 22.3 Å². The summed E-state index contributed by atoms with van der Waals surface area (Å²) < 4.78 is 21.7. The fourth-order valence-corrected chi connectivity index (χ4v) is 3.03. The SMILES string of the molecule is COc1cc2c(cc1OC)-c1cc(OC)c(OC)cc1CC2. The molecule has 0 radical (unpaired) electrons. The summed E-state index contributed by atoms with van der Waals surface area (Å²) in [6.45, 7) is 0. The lowest BCUT2D eigenvalue weighted by Gasteiger charge is -2.23. The minimum absolute atomic E-state index is 0.740. The molecular formula is C18H20O4. The van der Waals surface area contributed by atoms with Gasteiger partial charge in [0.05, 0.1) is 28.4 Å². The van der Waals surface area contributed by atoms with Crippen molar-refractivity contribution in [3.05, 3.63) is 35.4 Å². The molecular weight excluding hydrogens is 280 g/mol. The molecule has 0 bridgehead atoms. The Kier molecular flexibility index (Phi) is 3.84. The van der Waals surface area contributed by atoms with E-state index in [0.717, 1.165) is 35.8 Å². The van der Waals surface area contributed by atoms with Crippen LogP contribution in [0.4, 0.5) is 0 Å². The largest absolute Gasteiger partial charge is 0.493 e. The number of aryl methyl sites for hydroxylation is 2. The average Bonchev–Trinajstić information content (AvgIpc) is 2.58. The summed E-state index contributed by atoms with van der Waals surface area (Å²) >= 11 is 0. The Labute approximate surface area is 130 Å². The van der Waals surface area contributed by atoms with Crippen molar-refractivity contribution in [2.45, 2.75) is 12.8 Å². The van der Waals surface area contributed by atoms with Gasteiger partial charge in [0.15, 0.2) is 23.0 Å². The standard InChI is InChI=1S/C18H20O4/c1-19-15-7-11-5-6-12-8-16(20-2)18(22-4)10-14(12)13(11)9-17(15)21-3/h7-10H,5-6H2,1-4H3. The molecule has 0 heterocycles. The third kappa shape index (κ3) is 2.25. The Balaban J connectivity index is 2.20. The fraction of sp³-hybridized carbons (Fsp3) is 0.333. The van der Waals surface area contributed by atoms with Gasteiger partial charge in [0, 0.05) is 0 Å². The van der Waals surface area contributed by atoms with Crippen LogP contribution in [0.3, 0.4) is 0 Å². The fourth-order valence-electron chi connectivity index (χ4n) is 3.03. The summed E-state index contributed by atoms with van der Waals surface area (Å²) in [5.41, 5.74) is 4.86. The molecule has 0 saturated heterocycles. The van der Waals surface area contributed by atoms with Crippen molar-refractivity contribution >= 4 is 0 Å². The smallest absolute Gasteiger partial charge is 0.161 e. The first kappa shape index (κ1) is 14.6. The molecule has 1 aliphatic carbocycles. The first-order valence-corrected chi connectivity index (χ1v) is 7.22. The molecule has 0 aliphatic heterocycles. The molecule has 0 spiro atoms. The van der Waals surface area contributed by atoms with E-state index in [1.807, 2.05) is 12.1 Å². The Hall–Kier alpha value is -2.36. The predicted octanol–water partition coefficient (Wildman–Crippen LogP) is 3.49. The van der Waals surface area contributed by atoms with Crippen molar-refractivity contribution in [2.75, 3.05) is 28.4 Å². The molecule has 0 unspecified atom stereocenters. The quantitative estimate of drug-likeness (QED) is 0.866. The van der Waals surface area contributed by atoms with E-state index in [2.05, 4.69) is 12.1 Å². The topological polar surface area (TPSA) is 36.9 Å². The summed E-state index contributed by atoms with van der Waals surface area (Å²) in [7, 11) is 6.63. The zero-order valence-corrected chi connectivity index (χ0v) is 13.4. The highest BCUT2D eigenvalue weighted by molar-refractivity contribution is 5.78. The van der Waals surface area contributed by atoms with Crippen LogP contribution in [-0.4, -0.2) is 28.4 Å². The van der Waals surface area contributed by atoms with Crippen LogP contribution in [0.5, 0.6) is 23.0 Å². The van der Waals surface area contributed by atoms with Gasteiger partial charge in [-0.1, -0.05) is 0 Å². The van der Waals surface area contributed by atoms with Crippen molar-refractivity contribution in [1.29, 1.82) is 0 Å². The summed E-state index contributed by atoms with van der Waals surface area (Å²) in [6, 6.07) is 8.21. The van der Waals surface area contributed by atoms with Crippen LogP contribution < -0.4 is 18.9 Å². The summed E-state index contributed by atoms with van der Waals surface area (Å²) in [4.78, 5) is 0. The highest BCUT2D eigenvalue weighted by atomic mass is 16.5. The van der Waals surface area contributed by atoms with E-state index in [4.69, 9.17) is 18.9 Å². The first-order chi connectivity index (χ1) is 10.7. The maximum absolute atomic E-state index is 5.44. The number of methoxy groups -OCH3 is 4. The molecule has 4 nitrogen and oxygen atoms in total. The minimum atomic E-state index is 0.740. The zero-order chi connectivity index (χ0) is 15.7.